The van der Waals surface area contributed by atoms with Crippen molar-refractivity contribution in [1.82, 2.24) is 10.6 Å². The SMILES string of the molecule is CC(C)(C)CNC(=O)c1ccc(C(=O)NC2CCC(O)CC2)cc1. The van der Waals surface area contributed by atoms with Crippen LogP contribution in [-0.4, -0.2) is 35.6 Å². The van der Waals surface area contributed by atoms with Gasteiger partial charge in [-0.2, -0.15) is 0 Å². The van der Waals surface area contributed by atoms with E-state index in [2.05, 4.69) is 31.4 Å². The van der Waals surface area contributed by atoms with Crippen molar-refractivity contribution in [2.75, 3.05) is 6.54 Å². The van der Waals surface area contributed by atoms with E-state index in [1.165, 1.54) is 0 Å². The maximum absolute atomic E-state index is 12.3. The molecule has 2 rings (SSSR count). The van der Waals surface area contributed by atoms with E-state index in [0.29, 0.717) is 17.7 Å². The highest BCUT2D eigenvalue weighted by atomic mass is 16.3. The Morgan fingerprint density at radius 1 is 1.00 bits per heavy atom. The van der Waals surface area contributed by atoms with Gasteiger partial charge in [0.1, 0.15) is 0 Å². The molecule has 2 amide bonds. The number of benzene rings is 1. The largest absolute Gasteiger partial charge is 0.393 e. The lowest BCUT2D eigenvalue weighted by atomic mass is 9.93. The summed E-state index contributed by atoms with van der Waals surface area (Å²) in [6.07, 6.45) is 2.85. The summed E-state index contributed by atoms with van der Waals surface area (Å²) in [4.78, 5) is 24.3. The van der Waals surface area contributed by atoms with Crippen molar-refractivity contribution < 1.29 is 14.7 Å². The first-order chi connectivity index (χ1) is 11.2. The summed E-state index contributed by atoms with van der Waals surface area (Å²) in [6.45, 7) is 6.78. The molecule has 0 unspecified atom stereocenters. The molecule has 5 nitrogen and oxygen atoms in total. The highest BCUT2D eigenvalue weighted by molar-refractivity contribution is 5.97. The molecule has 1 aromatic carbocycles. The predicted molar refractivity (Wildman–Crippen MR) is 94.0 cm³/mol. The third kappa shape index (κ3) is 5.64. The van der Waals surface area contributed by atoms with Gasteiger partial charge in [0.15, 0.2) is 0 Å². The first kappa shape index (κ1) is 18.5. The van der Waals surface area contributed by atoms with E-state index in [1.54, 1.807) is 24.3 Å². The van der Waals surface area contributed by atoms with E-state index < -0.39 is 0 Å². The molecular weight excluding hydrogens is 304 g/mol. The number of nitrogens with one attached hydrogen (secondary N) is 2. The van der Waals surface area contributed by atoms with Crippen LogP contribution < -0.4 is 10.6 Å². The molecule has 5 heteroatoms. The minimum absolute atomic E-state index is 0.0308. The molecule has 1 aromatic rings. The number of carbonyl (C=O) groups excluding carboxylic acids is 2. The maximum Gasteiger partial charge on any atom is 0.251 e. The summed E-state index contributed by atoms with van der Waals surface area (Å²) in [5.41, 5.74) is 1.13. The fourth-order valence-electron chi connectivity index (χ4n) is 2.71. The lowest BCUT2D eigenvalue weighted by molar-refractivity contribution is 0.0866. The van der Waals surface area contributed by atoms with Crippen molar-refractivity contribution in [3.05, 3.63) is 35.4 Å². The Hall–Kier alpha value is -1.88. The zero-order chi connectivity index (χ0) is 17.7. The standard InChI is InChI=1S/C19H28N2O3/c1-19(2,3)12-20-17(23)13-4-6-14(7-5-13)18(24)21-15-8-10-16(22)11-9-15/h4-7,15-16,22H,8-12H2,1-3H3,(H,20,23)(H,21,24). The van der Waals surface area contributed by atoms with Gasteiger partial charge in [0.05, 0.1) is 6.10 Å². The maximum atomic E-state index is 12.3. The number of amides is 2. The van der Waals surface area contributed by atoms with Crippen LogP contribution in [0, 0.1) is 5.41 Å². The van der Waals surface area contributed by atoms with Crippen LogP contribution in [0.3, 0.4) is 0 Å². The van der Waals surface area contributed by atoms with Crippen LogP contribution in [0.5, 0.6) is 0 Å². The third-order valence-electron chi connectivity index (χ3n) is 4.22. The van der Waals surface area contributed by atoms with Crippen LogP contribution in [0.4, 0.5) is 0 Å². The van der Waals surface area contributed by atoms with Crippen molar-refractivity contribution in [2.24, 2.45) is 5.41 Å². The average molecular weight is 332 g/mol. The van der Waals surface area contributed by atoms with Gasteiger partial charge in [-0.25, -0.2) is 0 Å². The number of aliphatic hydroxyl groups excluding tert-OH is 1. The van der Waals surface area contributed by atoms with Gasteiger partial charge < -0.3 is 15.7 Å². The number of carbonyl (C=O) groups is 2. The molecule has 0 heterocycles. The lowest BCUT2D eigenvalue weighted by Gasteiger charge is -2.26. The molecule has 1 fully saturated rings. The highest BCUT2D eigenvalue weighted by Gasteiger charge is 2.21. The monoisotopic (exact) mass is 332 g/mol. The Morgan fingerprint density at radius 2 is 1.50 bits per heavy atom. The average Bonchev–Trinajstić information content (AvgIpc) is 2.54. The molecule has 1 saturated carbocycles. The van der Waals surface area contributed by atoms with Gasteiger partial charge in [0, 0.05) is 23.7 Å². The number of hydrogen-bond acceptors (Lipinski definition) is 3. The van der Waals surface area contributed by atoms with Gasteiger partial charge in [0.25, 0.3) is 11.8 Å². The Bertz CT molecular complexity index is 567. The van der Waals surface area contributed by atoms with Gasteiger partial charge in [-0.15, -0.1) is 0 Å². The third-order valence-corrected chi connectivity index (χ3v) is 4.22. The van der Waals surface area contributed by atoms with E-state index in [-0.39, 0.29) is 29.4 Å². The molecule has 24 heavy (non-hydrogen) atoms. The molecule has 3 N–H and O–H groups in total. The molecule has 1 aliphatic rings. The fourth-order valence-corrected chi connectivity index (χ4v) is 2.71. The number of hydrogen-bond donors (Lipinski definition) is 3. The normalized spacial score (nSPS) is 21.2. The second-order valence-electron chi connectivity index (χ2n) is 7.80. The van der Waals surface area contributed by atoms with Gasteiger partial charge in [-0.05, 0) is 55.4 Å². The van der Waals surface area contributed by atoms with Crippen LogP contribution in [0.15, 0.2) is 24.3 Å². The van der Waals surface area contributed by atoms with E-state index in [9.17, 15) is 14.7 Å². The summed E-state index contributed by atoms with van der Waals surface area (Å²) in [6, 6.07) is 6.84. The molecule has 0 spiro atoms. The summed E-state index contributed by atoms with van der Waals surface area (Å²) >= 11 is 0. The van der Waals surface area contributed by atoms with Crippen LogP contribution in [0.2, 0.25) is 0 Å². The van der Waals surface area contributed by atoms with Crippen molar-refractivity contribution in [1.29, 1.82) is 0 Å². The molecule has 0 bridgehead atoms. The fraction of sp³-hybridized carbons (Fsp3) is 0.579. The first-order valence-electron chi connectivity index (χ1n) is 8.62. The zero-order valence-corrected chi connectivity index (χ0v) is 14.8. The molecule has 0 saturated heterocycles. The summed E-state index contributed by atoms with van der Waals surface area (Å²) in [5.74, 6) is -0.254. The van der Waals surface area contributed by atoms with E-state index in [0.717, 1.165) is 25.7 Å². The van der Waals surface area contributed by atoms with Gasteiger partial charge in [-0.3, -0.25) is 9.59 Å². The second kappa shape index (κ2) is 7.79. The lowest BCUT2D eigenvalue weighted by Crippen LogP contribution is -2.38. The number of rotatable bonds is 4. The van der Waals surface area contributed by atoms with Crippen molar-refractivity contribution in [2.45, 2.75) is 58.6 Å². The first-order valence-corrected chi connectivity index (χ1v) is 8.62. The van der Waals surface area contributed by atoms with Gasteiger partial charge in [-0.1, -0.05) is 20.8 Å². The molecule has 0 aromatic heterocycles. The topological polar surface area (TPSA) is 78.4 Å². The van der Waals surface area contributed by atoms with E-state index in [4.69, 9.17) is 0 Å². The molecular formula is C19H28N2O3. The zero-order valence-electron chi connectivity index (χ0n) is 14.8. The van der Waals surface area contributed by atoms with E-state index in [1.807, 2.05) is 0 Å². The van der Waals surface area contributed by atoms with Gasteiger partial charge in [0.2, 0.25) is 0 Å². The van der Waals surface area contributed by atoms with Crippen molar-refractivity contribution in [3.63, 3.8) is 0 Å². The smallest absolute Gasteiger partial charge is 0.251 e. The van der Waals surface area contributed by atoms with Crippen LogP contribution >= 0.6 is 0 Å². The Kier molecular flexibility index (Phi) is 5.99. The van der Waals surface area contributed by atoms with Crippen molar-refractivity contribution >= 4 is 11.8 Å². The molecule has 1 aliphatic carbocycles. The number of aliphatic hydroxyl groups is 1. The van der Waals surface area contributed by atoms with Crippen LogP contribution in [0.1, 0.15) is 67.2 Å². The predicted octanol–water partition coefficient (Wildman–Crippen LogP) is 2.50. The minimum atomic E-state index is -0.232. The highest BCUT2D eigenvalue weighted by Crippen LogP contribution is 2.19. The van der Waals surface area contributed by atoms with Crippen LogP contribution in [0.25, 0.3) is 0 Å². The van der Waals surface area contributed by atoms with Crippen molar-refractivity contribution in [3.8, 4) is 0 Å². The van der Waals surface area contributed by atoms with Crippen LogP contribution in [-0.2, 0) is 0 Å². The Balaban J connectivity index is 1.89. The second-order valence-corrected chi connectivity index (χ2v) is 7.80. The molecule has 0 radical (unpaired) electrons. The molecule has 0 atom stereocenters. The molecule has 0 aliphatic heterocycles. The summed E-state index contributed by atoms with van der Waals surface area (Å²) in [5, 5.41) is 15.4. The molecule has 132 valence electrons. The summed E-state index contributed by atoms with van der Waals surface area (Å²) in [7, 11) is 0. The Labute approximate surface area is 143 Å². The van der Waals surface area contributed by atoms with Gasteiger partial charge >= 0.3 is 0 Å². The minimum Gasteiger partial charge on any atom is -0.393 e. The Morgan fingerprint density at radius 3 is 2.00 bits per heavy atom. The van der Waals surface area contributed by atoms with E-state index >= 15 is 0 Å². The quantitative estimate of drug-likeness (QED) is 0.793. The summed E-state index contributed by atoms with van der Waals surface area (Å²) < 4.78 is 0.